The number of amides is 1. The zero-order valence-electron chi connectivity index (χ0n) is 16.2. The smallest absolute Gasteiger partial charge is 0.264 e. The molecule has 1 amide bonds. The average Bonchev–Trinajstić information content (AvgIpc) is 3.17. The van der Waals surface area contributed by atoms with Crippen molar-refractivity contribution in [3.8, 4) is 5.69 Å². The molecule has 0 aliphatic carbocycles. The summed E-state index contributed by atoms with van der Waals surface area (Å²) in [5, 5.41) is 7.38. The Hall–Kier alpha value is -3.88. The molecule has 0 spiro atoms. The van der Waals surface area contributed by atoms with Crippen LogP contribution in [0.25, 0.3) is 16.7 Å². The molecule has 0 fully saturated rings. The fourth-order valence-corrected chi connectivity index (χ4v) is 3.15. The van der Waals surface area contributed by atoms with Crippen LogP contribution in [0.15, 0.2) is 59.8 Å². The molecule has 0 radical (unpaired) electrons. The molecule has 0 bridgehead atoms. The van der Waals surface area contributed by atoms with Crippen molar-refractivity contribution in [1.29, 1.82) is 0 Å². The summed E-state index contributed by atoms with van der Waals surface area (Å²) in [4.78, 5) is 33.6. The third-order valence-corrected chi connectivity index (χ3v) is 4.72. The molecule has 0 aliphatic heterocycles. The Morgan fingerprint density at radius 1 is 1.17 bits per heavy atom. The first-order valence-electron chi connectivity index (χ1n) is 9.39. The van der Waals surface area contributed by atoms with Crippen LogP contribution in [0.5, 0.6) is 0 Å². The molecule has 30 heavy (non-hydrogen) atoms. The first-order chi connectivity index (χ1) is 14.5. The topological polar surface area (TPSA) is 94.7 Å². The van der Waals surface area contributed by atoms with Crippen molar-refractivity contribution in [3.05, 3.63) is 82.5 Å². The maximum absolute atomic E-state index is 13.2. The number of aryl methyl sites for hydroxylation is 1. The van der Waals surface area contributed by atoms with Gasteiger partial charge in [-0.3, -0.25) is 19.1 Å². The number of carbonyl (C=O) groups excluding carboxylic acids is 1. The minimum absolute atomic E-state index is 0.139. The van der Waals surface area contributed by atoms with Crippen LogP contribution >= 0.6 is 0 Å². The molecular weight excluding hydrogens is 387 g/mol. The summed E-state index contributed by atoms with van der Waals surface area (Å²) >= 11 is 0. The summed E-state index contributed by atoms with van der Waals surface area (Å²) in [6, 6.07) is 9.45. The van der Waals surface area contributed by atoms with E-state index in [-0.39, 0.29) is 30.2 Å². The van der Waals surface area contributed by atoms with Crippen molar-refractivity contribution in [2.75, 3.05) is 0 Å². The van der Waals surface area contributed by atoms with Crippen molar-refractivity contribution < 1.29 is 9.18 Å². The number of nitrogens with zero attached hydrogens (tertiary/aromatic N) is 5. The van der Waals surface area contributed by atoms with E-state index >= 15 is 0 Å². The van der Waals surface area contributed by atoms with Crippen LogP contribution in [0, 0.1) is 12.7 Å². The van der Waals surface area contributed by atoms with Crippen LogP contribution < -0.4 is 10.9 Å². The maximum Gasteiger partial charge on any atom is 0.264 e. The second-order valence-electron chi connectivity index (χ2n) is 6.77. The SMILES string of the molecule is Cc1nc2c(cnn2-c2ccc(F)cc2)c(=O)n1CCC(=O)NCc1cccnc1. The van der Waals surface area contributed by atoms with E-state index in [1.54, 1.807) is 37.5 Å². The van der Waals surface area contributed by atoms with Gasteiger partial charge in [0, 0.05) is 31.9 Å². The molecule has 0 saturated carbocycles. The number of benzene rings is 1. The number of pyridine rings is 1. The summed E-state index contributed by atoms with van der Waals surface area (Å²) in [7, 11) is 0. The first kappa shape index (κ1) is 19.4. The summed E-state index contributed by atoms with van der Waals surface area (Å²) in [6.07, 6.45) is 4.93. The predicted molar refractivity (Wildman–Crippen MR) is 109 cm³/mol. The van der Waals surface area contributed by atoms with E-state index in [1.807, 2.05) is 6.07 Å². The van der Waals surface area contributed by atoms with E-state index < -0.39 is 0 Å². The Kier molecular flexibility index (Phi) is 5.34. The number of hydrogen-bond acceptors (Lipinski definition) is 5. The van der Waals surface area contributed by atoms with Crippen LogP contribution in [0.1, 0.15) is 17.8 Å². The number of fused-ring (bicyclic) bond motifs is 1. The molecule has 8 nitrogen and oxygen atoms in total. The molecule has 0 atom stereocenters. The van der Waals surface area contributed by atoms with Crippen molar-refractivity contribution in [2.45, 2.75) is 26.4 Å². The second-order valence-corrected chi connectivity index (χ2v) is 6.77. The number of aromatic nitrogens is 5. The van der Waals surface area contributed by atoms with Crippen LogP contribution in [-0.2, 0) is 17.9 Å². The molecule has 9 heteroatoms. The highest BCUT2D eigenvalue weighted by atomic mass is 19.1. The lowest BCUT2D eigenvalue weighted by molar-refractivity contribution is -0.121. The number of hydrogen-bond donors (Lipinski definition) is 1. The molecule has 4 aromatic rings. The molecule has 3 heterocycles. The van der Waals surface area contributed by atoms with Crippen molar-refractivity contribution in [2.24, 2.45) is 0 Å². The second kappa shape index (κ2) is 8.24. The lowest BCUT2D eigenvalue weighted by atomic mass is 10.3. The molecule has 152 valence electrons. The van der Waals surface area contributed by atoms with Gasteiger partial charge in [0.15, 0.2) is 5.65 Å². The molecule has 0 saturated heterocycles. The minimum Gasteiger partial charge on any atom is -0.352 e. The van der Waals surface area contributed by atoms with Gasteiger partial charge in [0.05, 0.1) is 11.9 Å². The molecule has 1 aromatic carbocycles. The van der Waals surface area contributed by atoms with Gasteiger partial charge in [0.1, 0.15) is 17.0 Å². The van der Waals surface area contributed by atoms with Crippen molar-refractivity contribution in [3.63, 3.8) is 0 Å². The van der Waals surface area contributed by atoms with Crippen molar-refractivity contribution in [1.82, 2.24) is 29.6 Å². The zero-order valence-corrected chi connectivity index (χ0v) is 16.2. The van der Waals surface area contributed by atoms with E-state index in [9.17, 15) is 14.0 Å². The highest BCUT2D eigenvalue weighted by Gasteiger charge is 2.15. The molecule has 0 unspecified atom stereocenters. The van der Waals surface area contributed by atoms with E-state index in [0.29, 0.717) is 29.1 Å². The third-order valence-electron chi connectivity index (χ3n) is 4.72. The summed E-state index contributed by atoms with van der Waals surface area (Å²) in [5.41, 5.74) is 1.62. The van der Waals surface area contributed by atoms with E-state index in [4.69, 9.17) is 0 Å². The van der Waals surface area contributed by atoms with E-state index in [2.05, 4.69) is 20.4 Å². The van der Waals surface area contributed by atoms with Gasteiger partial charge in [0.2, 0.25) is 5.91 Å². The van der Waals surface area contributed by atoms with Crippen LogP contribution in [0.4, 0.5) is 4.39 Å². The summed E-state index contributed by atoms with van der Waals surface area (Å²) < 4.78 is 16.1. The van der Waals surface area contributed by atoms with Gasteiger partial charge in [-0.15, -0.1) is 0 Å². The first-order valence-corrected chi connectivity index (χ1v) is 9.39. The Labute approximate surface area is 171 Å². The summed E-state index contributed by atoms with van der Waals surface area (Å²) in [5.74, 6) is -0.0628. The normalized spacial score (nSPS) is 11.0. The Bertz CT molecular complexity index is 1250. The Morgan fingerprint density at radius 3 is 2.70 bits per heavy atom. The number of carbonyl (C=O) groups is 1. The quantitative estimate of drug-likeness (QED) is 0.529. The number of nitrogens with one attached hydrogen (secondary N) is 1. The molecular formula is C21H19FN6O2. The lowest BCUT2D eigenvalue weighted by Gasteiger charge is -2.10. The molecule has 0 aliphatic rings. The molecule has 1 N–H and O–H groups in total. The van der Waals surface area contributed by atoms with Gasteiger partial charge >= 0.3 is 0 Å². The Morgan fingerprint density at radius 2 is 1.97 bits per heavy atom. The summed E-state index contributed by atoms with van der Waals surface area (Å²) in [6.45, 7) is 2.28. The van der Waals surface area contributed by atoms with Gasteiger partial charge in [-0.1, -0.05) is 6.07 Å². The minimum atomic E-state index is -0.358. The highest BCUT2D eigenvalue weighted by Crippen LogP contribution is 2.15. The third kappa shape index (κ3) is 3.95. The van der Waals surface area contributed by atoms with Crippen molar-refractivity contribution >= 4 is 16.9 Å². The van der Waals surface area contributed by atoms with Gasteiger partial charge in [-0.05, 0) is 42.8 Å². The van der Waals surface area contributed by atoms with Gasteiger partial charge in [-0.2, -0.15) is 5.10 Å². The van der Waals surface area contributed by atoms with Gasteiger partial charge < -0.3 is 5.32 Å². The van der Waals surface area contributed by atoms with E-state index in [1.165, 1.54) is 27.6 Å². The Balaban J connectivity index is 1.51. The number of halogens is 1. The lowest BCUT2D eigenvalue weighted by Crippen LogP contribution is -2.29. The maximum atomic E-state index is 13.2. The predicted octanol–water partition coefficient (Wildman–Crippen LogP) is 2.13. The van der Waals surface area contributed by atoms with Gasteiger partial charge in [0.25, 0.3) is 5.56 Å². The zero-order chi connectivity index (χ0) is 21.1. The molecule has 4 rings (SSSR count). The average molecular weight is 406 g/mol. The van der Waals surface area contributed by atoms with E-state index in [0.717, 1.165) is 5.56 Å². The number of rotatable bonds is 6. The molecule has 3 aromatic heterocycles. The van der Waals surface area contributed by atoms with Gasteiger partial charge in [-0.25, -0.2) is 14.1 Å². The highest BCUT2D eigenvalue weighted by molar-refractivity contribution is 5.76. The fourth-order valence-electron chi connectivity index (χ4n) is 3.15. The van der Waals surface area contributed by atoms with Crippen LogP contribution in [-0.4, -0.2) is 30.2 Å². The standard InChI is InChI=1S/C21H19FN6O2/c1-14-26-20-18(13-25-28(20)17-6-4-16(22)5-7-17)21(30)27(14)10-8-19(29)24-12-15-3-2-9-23-11-15/h2-7,9,11,13H,8,10,12H2,1H3,(H,24,29). The monoisotopic (exact) mass is 406 g/mol. The van der Waals surface area contributed by atoms with Crippen LogP contribution in [0.2, 0.25) is 0 Å². The van der Waals surface area contributed by atoms with Crippen LogP contribution in [0.3, 0.4) is 0 Å². The largest absolute Gasteiger partial charge is 0.352 e. The fraction of sp³-hybridized carbons (Fsp3) is 0.190.